The van der Waals surface area contributed by atoms with E-state index in [0.717, 1.165) is 0 Å². The molecular formula is C21H7F35. The quantitative estimate of drug-likeness (QED) is 0.101. The van der Waals surface area contributed by atoms with E-state index < -0.39 is 113 Å². The molecule has 0 amide bonds. The Kier molecular flexibility index (Phi) is 12.3. The summed E-state index contributed by atoms with van der Waals surface area (Å²) < 4.78 is 474. The van der Waals surface area contributed by atoms with Crippen molar-refractivity contribution in [2.24, 2.45) is 0 Å². The molecule has 0 saturated carbocycles. The molecule has 0 rings (SSSR count). The Balaban J connectivity index is 7.81. The Bertz CT molecular complexity index is 1450. The van der Waals surface area contributed by atoms with E-state index in [1.165, 1.54) is 0 Å². The first-order valence-corrected chi connectivity index (χ1v) is 12.2. The van der Waals surface area contributed by atoms with Gasteiger partial charge in [0.2, 0.25) is 0 Å². The summed E-state index contributed by atoms with van der Waals surface area (Å²) in [6.45, 7) is 2.36. The average Bonchev–Trinajstić information content (AvgIpc) is 2.94. The molecule has 0 spiro atoms. The van der Waals surface area contributed by atoms with Crippen molar-refractivity contribution in [2.75, 3.05) is 0 Å². The van der Waals surface area contributed by atoms with Crippen LogP contribution in [0.4, 0.5) is 154 Å². The fourth-order valence-corrected chi connectivity index (χ4v) is 3.46. The minimum atomic E-state index is -10.3. The molecule has 0 aromatic heterocycles. The zero-order valence-corrected chi connectivity index (χ0v) is 24.6. The van der Waals surface area contributed by atoms with Gasteiger partial charge >= 0.3 is 101 Å². The van der Waals surface area contributed by atoms with Gasteiger partial charge in [0.25, 0.3) is 0 Å². The Hall–Kier alpha value is -2.71. The van der Waals surface area contributed by atoms with Crippen LogP contribution in [0.25, 0.3) is 0 Å². The molecule has 0 atom stereocenters. The SMILES string of the molecule is C=C(C)CC(F)(F)C(F)(F)C(F)(F)C(F)(F)C(F)(F)C(F)(F)C(F)(F)C(F)(F)C(F)(F)C(F)(F)C(F)(F)C(F)(F)C(F)(F)C(F)(F)C(F)(F)C(F)(F)C(F)(F)F. The summed E-state index contributed by atoms with van der Waals surface area (Å²) in [6, 6.07) is 0. The molecule has 0 nitrogen and oxygen atoms in total. The van der Waals surface area contributed by atoms with Crippen molar-refractivity contribution in [2.45, 2.75) is 114 Å². The molecule has 336 valence electrons. The van der Waals surface area contributed by atoms with Gasteiger partial charge in [-0.05, 0) is 6.92 Å². The van der Waals surface area contributed by atoms with Crippen molar-refractivity contribution in [1.82, 2.24) is 0 Å². The summed E-state index contributed by atoms with van der Waals surface area (Å²) in [4.78, 5) is 0. The minimum absolute atomic E-state index is 0.0926. The van der Waals surface area contributed by atoms with Crippen molar-refractivity contribution in [3.63, 3.8) is 0 Å². The van der Waals surface area contributed by atoms with Crippen LogP contribution >= 0.6 is 0 Å². The van der Waals surface area contributed by atoms with E-state index in [9.17, 15) is 154 Å². The number of hydrogen-bond donors (Lipinski definition) is 0. The van der Waals surface area contributed by atoms with Gasteiger partial charge in [-0.1, -0.05) is 12.2 Å². The van der Waals surface area contributed by atoms with Crippen LogP contribution in [-0.2, 0) is 0 Å². The zero-order valence-electron chi connectivity index (χ0n) is 24.6. The van der Waals surface area contributed by atoms with Crippen LogP contribution < -0.4 is 0 Å². The van der Waals surface area contributed by atoms with Crippen LogP contribution in [0.2, 0.25) is 0 Å². The normalized spacial score (nSPS) is 17.1. The summed E-state index contributed by atoms with van der Waals surface area (Å²) in [5.74, 6) is -154. The summed E-state index contributed by atoms with van der Waals surface area (Å²) in [5.41, 5.74) is -1.56. The third kappa shape index (κ3) is 6.06. The Morgan fingerprint density at radius 1 is 0.250 bits per heavy atom. The van der Waals surface area contributed by atoms with Gasteiger partial charge in [-0.3, -0.25) is 0 Å². The van der Waals surface area contributed by atoms with Crippen molar-refractivity contribution in [3.05, 3.63) is 12.2 Å². The maximum Gasteiger partial charge on any atom is 0.460 e. The predicted octanol–water partition coefficient (Wildman–Crippen LogP) is 12.7. The second kappa shape index (κ2) is 12.9. The highest BCUT2D eigenvalue weighted by Crippen LogP contribution is 2.70. The van der Waals surface area contributed by atoms with Gasteiger partial charge in [0, 0.05) is 6.42 Å². The van der Waals surface area contributed by atoms with Crippen LogP contribution in [0.3, 0.4) is 0 Å². The Morgan fingerprint density at radius 2 is 0.375 bits per heavy atom. The molecule has 0 bridgehead atoms. The second-order valence-corrected chi connectivity index (χ2v) is 11.0. The Morgan fingerprint density at radius 3 is 0.500 bits per heavy atom. The molecule has 0 aromatic rings. The topological polar surface area (TPSA) is 0 Å². The molecule has 0 saturated heterocycles. The molecular weight excluding hydrogens is 917 g/mol. The fourth-order valence-electron chi connectivity index (χ4n) is 3.46. The monoisotopic (exact) mass is 924 g/mol. The third-order valence-electron chi connectivity index (χ3n) is 6.86. The van der Waals surface area contributed by atoms with E-state index in [2.05, 4.69) is 6.58 Å². The molecule has 0 heterocycles. The van der Waals surface area contributed by atoms with Gasteiger partial charge in [0.1, 0.15) is 0 Å². The average molecular weight is 924 g/mol. The van der Waals surface area contributed by atoms with Crippen LogP contribution in [0, 0.1) is 0 Å². The zero-order chi connectivity index (χ0) is 46.8. The van der Waals surface area contributed by atoms with Crippen molar-refractivity contribution < 1.29 is 154 Å². The highest BCUT2D eigenvalue weighted by Gasteiger charge is 3.02. The lowest BCUT2D eigenvalue weighted by Gasteiger charge is -2.47. The smallest absolute Gasteiger partial charge is 0.199 e. The van der Waals surface area contributed by atoms with Gasteiger partial charge in [-0.15, -0.1) is 0 Å². The van der Waals surface area contributed by atoms with Gasteiger partial charge in [0.05, 0.1) is 0 Å². The molecule has 0 fully saturated rings. The first-order chi connectivity index (χ1) is 23.4. The van der Waals surface area contributed by atoms with E-state index in [4.69, 9.17) is 0 Å². The summed E-state index contributed by atoms with van der Waals surface area (Å²) in [7, 11) is 0. The molecule has 0 aliphatic carbocycles. The molecule has 0 aliphatic heterocycles. The van der Waals surface area contributed by atoms with Crippen molar-refractivity contribution >= 4 is 0 Å². The van der Waals surface area contributed by atoms with Crippen molar-refractivity contribution in [1.29, 1.82) is 0 Å². The highest BCUT2D eigenvalue weighted by atomic mass is 19.4. The van der Waals surface area contributed by atoms with E-state index in [0.29, 0.717) is 0 Å². The summed E-state index contributed by atoms with van der Waals surface area (Å²) >= 11 is 0. The van der Waals surface area contributed by atoms with Gasteiger partial charge in [0.15, 0.2) is 0 Å². The maximum absolute atomic E-state index is 13.9. The van der Waals surface area contributed by atoms with Gasteiger partial charge in [-0.2, -0.15) is 154 Å². The Labute approximate surface area is 281 Å². The van der Waals surface area contributed by atoms with E-state index in [-0.39, 0.29) is 6.92 Å². The molecule has 56 heavy (non-hydrogen) atoms. The van der Waals surface area contributed by atoms with Crippen LogP contribution in [-0.4, -0.2) is 101 Å². The molecule has 0 radical (unpaired) electrons. The lowest BCUT2D eigenvalue weighted by Crippen LogP contribution is -2.80. The van der Waals surface area contributed by atoms with Crippen molar-refractivity contribution in [3.8, 4) is 0 Å². The highest BCUT2D eigenvalue weighted by molar-refractivity contribution is 5.22. The van der Waals surface area contributed by atoms with Gasteiger partial charge in [-0.25, -0.2) is 0 Å². The van der Waals surface area contributed by atoms with E-state index in [1.807, 2.05) is 0 Å². The lowest BCUT2D eigenvalue weighted by molar-refractivity contribution is -0.492. The van der Waals surface area contributed by atoms with E-state index >= 15 is 0 Å². The number of halogens is 35. The first kappa shape index (κ1) is 53.3. The number of allylic oxidation sites excluding steroid dienone is 1. The third-order valence-corrected chi connectivity index (χ3v) is 6.86. The maximum atomic E-state index is 13.9. The van der Waals surface area contributed by atoms with E-state index in [1.54, 1.807) is 0 Å². The van der Waals surface area contributed by atoms with Crippen LogP contribution in [0.15, 0.2) is 12.2 Å². The lowest BCUT2D eigenvalue weighted by atomic mass is 9.82. The predicted molar refractivity (Wildman–Crippen MR) is 105 cm³/mol. The minimum Gasteiger partial charge on any atom is -0.199 e. The van der Waals surface area contributed by atoms with Gasteiger partial charge < -0.3 is 0 Å². The number of hydrogen-bond acceptors (Lipinski definition) is 0. The summed E-state index contributed by atoms with van der Waals surface area (Å²) in [5, 5.41) is 0. The largest absolute Gasteiger partial charge is 0.460 e. The van der Waals surface area contributed by atoms with Crippen LogP contribution in [0.1, 0.15) is 13.3 Å². The molecule has 0 unspecified atom stereocenters. The fraction of sp³-hybridized carbons (Fsp3) is 0.905. The first-order valence-electron chi connectivity index (χ1n) is 12.2. The van der Waals surface area contributed by atoms with Crippen LogP contribution in [0.5, 0.6) is 0 Å². The number of rotatable bonds is 17. The standard InChI is InChI=1S/C21H7F35/c1-4(2)3-5(22,23)6(24,25)7(26,27)8(28,29)9(30,31)10(32,33)11(34,35)12(36,37)13(38,39)14(40,41)15(42,43)16(44,45)17(46,47)18(48,49)19(50,51)20(52,53)21(54,55)56/h1,3H2,2H3. The number of alkyl halides is 35. The second-order valence-electron chi connectivity index (χ2n) is 11.0. The summed E-state index contributed by atoms with van der Waals surface area (Å²) in [6.07, 6.45) is -11.5. The molecule has 0 aliphatic rings. The molecule has 0 aromatic carbocycles. The molecule has 0 N–H and O–H groups in total. The molecule has 35 heteroatoms.